The highest BCUT2D eigenvalue weighted by molar-refractivity contribution is 7.90. The van der Waals surface area contributed by atoms with Gasteiger partial charge in [-0.15, -0.1) is 0 Å². The first-order valence-corrected chi connectivity index (χ1v) is 13.6. The van der Waals surface area contributed by atoms with Crippen molar-refractivity contribution in [2.24, 2.45) is 7.05 Å². The predicted octanol–water partition coefficient (Wildman–Crippen LogP) is 4.13. The predicted molar refractivity (Wildman–Crippen MR) is 138 cm³/mol. The molecule has 0 spiro atoms. The first-order valence-electron chi connectivity index (χ1n) is 11.8. The number of benzene rings is 3. The van der Waals surface area contributed by atoms with Crippen molar-refractivity contribution in [2.45, 2.75) is 10.9 Å². The van der Waals surface area contributed by atoms with Crippen LogP contribution in [0.2, 0.25) is 0 Å². The van der Waals surface area contributed by atoms with E-state index in [1.807, 2.05) is 28.6 Å². The second kappa shape index (κ2) is 9.32. The van der Waals surface area contributed by atoms with Gasteiger partial charge < -0.3 is 9.47 Å². The second-order valence-corrected chi connectivity index (χ2v) is 11.1. The Labute approximate surface area is 206 Å². The summed E-state index contributed by atoms with van der Waals surface area (Å²) in [6.45, 7) is 2.79. The van der Waals surface area contributed by atoms with Gasteiger partial charge in [0, 0.05) is 50.4 Å². The molecule has 2 heterocycles. The Morgan fingerprint density at radius 1 is 0.800 bits per heavy atom. The van der Waals surface area contributed by atoms with Crippen molar-refractivity contribution in [3.05, 3.63) is 102 Å². The molecular formula is C28H29N3O3S. The van der Waals surface area contributed by atoms with Gasteiger partial charge in [-0.2, -0.15) is 0 Å². The SMILES string of the molecule is Cn1c(C(=O)N2CCN(C(c3ccccc3)c3ccccc3)CC2)cc2cc(S(C)(=O)=O)ccc21. The van der Waals surface area contributed by atoms with E-state index >= 15 is 0 Å². The van der Waals surface area contributed by atoms with Gasteiger partial charge in [0.1, 0.15) is 5.69 Å². The first-order chi connectivity index (χ1) is 16.8. The van der Waals surface area contributed by atoms with E-state index < -0.39 is 9.84 Å². The van der Waals surface area contributed by atoms with Gasteiger partial charge in [-0.1, -0.05) is 60.7 Å². The third kappa shape index (κ3) is 4.61. The normalized spacial score (nSPS) is 15.1. The molecule has 0 N–H and O–H groups in total. The smallest absolute Gasteiger partial charge is 0.270 e. The molecule has 0 unspecified atom stereocenters. The fraction of sp³-hybridized carbons (Fsp3) is 0.250. The summed E-state index contributed by atoms with van der Waals surface area (Å²) in [5.74, 6) is -0.0276. The highest BCUT2D eigenvalue weighted by Gasteiger charge is 2.29. The molecule has 0 saturated carbocycles. The van der Waals surface area contributed by atoms with Crippen LogP contribution in [0.15, 0.2) is 89.8 Å². The van der Waals surface area contributed by atoms with E-state index in [1.54, 1.807) is 24.3 Å². The van der Waals surface area contributed by atoms with Crippen LogP contribution in [0.3, 0.4) is 0 Å². The van der Waals surface area contributed by atoms with Gasteiger partial charge >= 0.3 is 0 Å². The Morgan fingerprint density at radius 2 is 1.37 bits per heavy atom. The lowest BCUT2D eigenvalue weighted by molar-refractivity contribution is 0.0589. The average molecular weight is 488 g/mol. The van der Waals surface area contributed by atoms with Gasteiger partial charge in [0.2, 0.25) is 0 Å². The van der Waals surface area contributed by atoms with Gasteiger partial charge in [-0.05, 0) is 35.4 Å². The van der Waals surface area contributed by atoms with Crippen molar-refractivity contribution >= 4 is 26.6 Å². The third-order valence-electron chi connectivity index (χ3n) is 6.86. The van der Waals surface area contributed by atoms with Crippen LogP contribution >= 0.6 is 0 Å². The molecule has 6 nitrogen and oxygen atoms in total. The molecule has 0 aliphatic carbocycles. The van der Waals surface area contributed by atoms with Gasteiger partial charge in [-0.3, -0.25) is 9.69 Å². The van der Waals surface area contributed by atoms with Crippen molar-refractivity contribution in [1.29, 1.82) is 0 Å². The number of fused-ring (bicyclic) bond motifs is 1. The molecule has 3 aromatic carbocycles. The Kier molecular flexibility index (Phi) is 6.21. The maximum Gasteiger partial charge on any atom is 0.270 e. The lowest BCUT2D eigenvalue weighted by Crippen LogP contribution is -2.50. The minimum Gasteiger partial charge on any atom is -0.340 e. The lowest BCUT2D eigenvalue weighted by atomic mass is 9.96. The Morgan fingerprint density at radius 3 is 1.91 bits per heavy atom. The standard InChI is InChI=1S/C28H29N3O3S/c1-29-25-14-13-24(35(2,33)34)19-23(25)20-26(29)28(32)31-17-15-30(16-18-31)27(21-9-5-3-6-10-21)22-11-7-4-8-12-22/h3-14,19-20,27H,15-18H2,1-2H3. The highest BCUT2D eigenvalue weighted by atomic mass is 32.2. The lowest BCUT2D eigenvalue weighted by Gasteiger charge is -2.39. The number of rotatable bonds is 5. The molecule has 1 aliphatic heterocycles. The van der Waals surface area contributed by atoms with Crippen LogP contribution in [0.25, 0.3) is 10.9 Å². The number of amides is 1. The number of carbonyl (C=O) groups is 1. The summed E-state index contributed by atoms with van der Waals surface area (Å²) in [4.78, 5) is 18.1. The van der Waals surface area contributed by atoms with E-state index in [2.05, 4.69) is 53.4 Å². The maximum absolute atomic E-state index is 13.5. The molecule has 7 heteroatoms. The molecule has 35 heavy (non-hydrogen) atoms. The highest BCUT2D eigenvalue weighted by Crippen LogP contribution is 2.30. The fourth-order valence-corrected chi connectivity index (χ4v) is 5.65. The number of sulfone groups is 1. The van der Waals surface area contributed by atoms with E-state index in [-0.39, 0.29) is 16.8 Å². The van der Waals surface area contributed by atoms with Crippen LogP contribution in [0.4, 0.5) is 0 Å². The number of hydrogen-bond donors (Lipinski definition) is 0. The molecule has 1 saturated heterocycles. The number of aryl methyl sites for hydroxylation is 1. The number of hydrogen-bond acceptors (Lipinski definition) is 4. The average Bonchev–Trinajstić information content (AvgIpc) is 3.21. The number of carbonyl (C=O) groups excluding carboxylic acids is 1. The van der Waals surface area contributed by atoms with Crippen LogP contribution in [0.5, 0.6) is 0 Å². The van der Waals surface area contributed by atoms with Gasteiger partial charge in [0.15, 0.2) is 9.84 Å². The fourth-order valence-electron chi connectivity index (χ4n) is 4.99. The third-order valence-corrected chi connectivity index (χ3v) is 7.97. The second-order valence-electron chi connectivity index (χ2n) is 9.13. The molecule has 1 aromatic heterocycles. The van der Waals surface area contributed by atoms with Crippen molar-refractivity contribution in [1.82, 2.24) is 14.4 Å². The Balaban J connectivity index is 1.36. The largest absolute Gasteiger partial charge is 0.340 e. The monoisotopic (exact) mass is 487 g/mol. The van der Waals surface area contributed by atoms with Crippen molar-refractivity contribution in [2.75, 3.05) is 32.4 Å². The molecule has 1 amide bonds. The van der Waals surface area contributed by atoms with E-state index in [9.17, 15) is 13.2 Å². The zero-order valence-corrected chi connectivity index (χ0v) is 20.8. The summed E-state index contributed by atoms with van der Waals surface area (Å²) in [7, 11) is -1.45. The molecule has 5 rings (SSSR count). The molecule has 1 fully saturated rings. The van der Waals surface area contributed by atoms with Crippen LogP contribution < -0.4 is 0 Å². The number of nitrogens with zero attached hydrogens (tertiary/aromatic N) is 3. The van der Waals surface area contributed by atoms with Crippen LogP contribution in [0, 0.1) is 0 Å². The molecular weight excluding hydrogens is 458 g/mol. The zero-order chi connectivity index (χ0) is 24.6. The van der Waals surface area contributed by atoms with Gasteiger partial charge in [0.05, 0.1) is 10.9 Å². The van der Waals surface area contributed by atoms with Crippen molar-refractivity contribution in [3.8, 4) is 0 Å². The Hall–Kier alpha value is -3.42. The molecule has 0 atom stereocenters. The van der Waals surface area contributed by atoms with E-state index in [1.165, 1.54) is 17.4 Å². The van der Waals surface area contributed by atoms with Crippen LogP contribution in [-0.2, 0) is 16.9 Å². The molecule has 0 radical (unpaired) electrons. The summed E-state index contributed by atoms with van der Waals surface area (Å²) >= 11 is 0. The summed E-state index contributed by atoms with van der Waals surface area (Å²) in [6.07, 6.45) is 1.20. The minimum atomic E-state index is -3.31. The molecule has 1 aliphatic rings. The molecule has 180 valence electrons. The van der Waals surface area contributed by atoms with Gasteiger partial charge in [0.25, 0.3) is 5.91 Å². The maximum atomic E-state index is 13.5. The topological polar surface area (TPSA) is 62.6 Å². The molecule has 0 bridgehead atoms. The van der Waals surface area contributed by atoms with Gasteiger partial charge in [-0.25, -0.2) is 8.42 Å². The molecule has 4 aromatic rings. The summed E-state index contributed by atoms with van der Waals surface area (Å²) in [6, 6.07) is 27.9. The number of aromatic nitrogens is 1. The minimum absolute atomic E-state index is 0.0276. The van der Waals surface area contributed by atoms with Crippen molar-refractivity contribution < 1.29 is 13.2 Å². The number of piperazine rings is 1. The van der Waals surface area contributed by atoms with E-state index in [0.717, 1.165) is 24.0 Å². The van der Waals surface area contributed by atoms with Crippen LogP contribution in [0.1, 0.15) is 27.7 Å². The Bertz CT molecular complexity index is 1420. The summed E-state index contributed by atoms with van der Waals surface area (Å²) < 4.78 is 25.8. The quantitative estimate of drug-likeness (QED) is 0.425. The van der Waals surface area contributed by atoms with E-state index in [4.69, 9.17) is 0 Å². The van der Waals surface area contributed by atoms with E-state index in [0.29, 0.717) is 18.8 Å². The summed E-state index contributed by atoms with van der Waals surface area (Å²) in [5, 5.41) is 0.755. The zero-order valence-electron chi connectivity index (χ0n) is 20.0. The first kappa shape index (κ1) is 23.3. The van der Waals surface area contributed by atoms with Crippen molar-refractivity contribution in [3.63, 3.8) is 0 Å². The summed E-state index contributed by atoms with van der Waals surface area (Å²) in [5.41, 5.74) is 3.90. The van der Waals surface area contributed by atoms with Crippen LogP contribution in [-0.4, -0.2) is 61.1 Å².